The minimum absolute atomic E-state index is 0.168. The number of amides is 4. The van der Waals surface area contributed by atoms with Crippen molar-refractivity contribution < 1.29 is 23.9 Å². The molecule has 12 nitrogen and oxygen atoms in total. The molecule has 1 aromatic heterocycles. The highest BCUT2D eigenvalue weighted by atomic mass is 35.5. The van der Waals surface area contributed by atoms with E-state index >= 15 is 0 Å². The van der Waals surface area contributed by atoms with Crippen LogP contribution < -0.4 is 10.6 Å². The van der Waals surface area contributed by atoms with E-state index in [1.54, 1.807) is 51.9 Å². The molecule has 0 bridgehead atoms. The molecule has 4 amide bonds. The van der Waals surface area contributed by atoms with Crippen LogP contribution in [0.5, 0.6) is 0 Å². The van der Waals surface area contributed by atoms with Crippen LogP contribution in [-0.4, -0.2) is 87.7 Å². The van der Waals surface area contributed by atoms with Crippen LogP contribution in [-0.2, 0) is 20.9 Å². The Balaban J connectivity index is 1.36. The second-order valence-corrected chi connectivity index (χ2v) is 8.63. The summed E-state index contributed by atoms with van der Waals surface area (Å²) in [5.41, 5.74) is 1.30. The third-order valence-electron chi connectivity index (χ3n) is 5.95. The molecule has 0 spiro atoms. The Morgan fingerprint density at radius 1 is 1.14 bits per heavy atom. The Kier molecular flexibility index (Phi) is 7.22. The lowest BCUT2D eigenvalue weighted by Gasteiger charge is -2.39. The summed E-state index contributed by atoms with van der Waals surface area (Å²) in [4.78, 5) is 56.1. The molecule has 0 saturated carbocycles. The fourth-order valence-corrected chi connectivity index (χ4v) is 4.23. The summed E-state index contributed by atoms with van der Waals surface area (Å²) in [6.45, 7) is 3.71. The van der Waals surface area contributed by atoms with Crippen molar-refractivity contribution in [3.63, 3.8) is 0 Å². The number of piperazine rings is 1. The molecule has 0 unspecified atom stereocenters. The average molecular weight is 504 g/mol. The molecule has 13 heteroatoms. The van der Waals surface area contributed by atoms with E-state index in [0.29, 0.717) is 49.3 Å². The van der Waals surface area contributed by atoms with Crippen LogP contribution in [0.25, 0.3) is 0 Å². The number of imidazole rings is 1. The molecule has 2 N–H and O–H groups in total. The van der Waals surface area contributed by atoms with E-state index in [4.69, 9.17) is 16.3 Å². The van der Waals surface area contributed by atoms with Gasteiger partial charge >= 0.3 is 18.0 Å². The highest BCUT2D eigenvalue weighted by Gasteiger charge is 2.36. The van der Waals surface area contributed by atoms with Crippen molar-refractivity contribution in [3.8, 4) is 0 Å². The van der Waals surface area contributed by atoms with Gasteiger partial charge in [0.05, 0.1) is 32.0 Å². The van der Waals surface area contributed by atoms with E-state index in [0.717, 1.165) is 5.69 Å². The van der Waals surface area contributed by atoms with Crippen molar-refractivity contribution in [2.45, 2.75) is 25.9 Å². The minimum atomic E-state index is -1.11. The number of aryl methyl sites for hydroxylation is 1. The zero-order valence-corrected chi connectivity index (χ0v) is 20.1. The number of rotatable bonds is 6. The molecule has 1 saturated heterocycles. The first-order valence-corrected chi connectivity index (χ1v) is 11.4. The van der Waals surface area contributed by atoms with Crippen LogP contribution in [0.2, 0.25) is 5.02 Å². The number of hydrogen-bond acceptors (Lipinski definition) is 7. The number of carbonyl (C=O) groups is 4. The predicted octanol–water partition coefficient (Wildman–Crippen LogP) is 1.44. The molecule has 0 radical (unpaired) electrons. The van der Waals surface area contributed by atoms with E-state index in [2.05, 4.69) is 15.6 Å². The lowest BCUT2D eigenvalue weighted by atomic mass is 10.1. The Bertz CT molecular complexity index is 1130. The van der Waals surface area contributed by atoms with Crippen LogP contribution in [0.4, 0.5) is 15.3 Å². The maximum Gasteiger partial charge on any atom is 0.344 e. The summed E-state index contributed by atoms with van der Waals surface area (Å²) in [5, 5.41) is 9.25. The number of benzene rings is 1. The zero-order chi connectivity index (χ0) is 25.1. The number of nitrogens with zero attached hydrogens (tertiary/aromatic N) is 5. The highest BCUT2D eigenvalue weighted by Crippen LogP contribution is 2.21. The van der Waals surface area contributed by atoms with Crippen LogP contribution in [0.1, 0.15) is 17.9 Å². The van der Waals surface area contributed by atoms with Crippen LogP contribution >= 0.6 is 11.6 Å². The van der Waals surface area contributed by atoms with Crippen molar-refractivity contribution in [1.82, 2.24) is 29.8 Å². The number of esters is 1. The molecule has 3 heterocycles. The molecule has 0 aliphatic carbocycles. The van der Waals surface area contributed by atoms with Crippen LogP contribution in [0.3, 0.4) is 0 Å². The lowest BCUT2D eigenvalue weighted by molar-refractivity contribution is -0.146. The van der Waals surface area contributed by atoms with E-state index in [1.165, 1.54) is 7.11 Å². The first kappa shape index (κ1) is 24.5. The van der Waals surface area contributed by atoms with Crippen molar-refractivity contribution in [1.29, 1.82) is 0 Å². The van der Waals surface area contributed by atoms with Gasteiger partial charge in [-0.3, -0.25) is 14.6 Å². The van der Waals surface area contributed by atoms with Gasteiger partial charge in [-0.2, -0.15) is 0 Å². The maximum absolute atomic E-state index is 13.2. The van der Waals surface area contributed by atoms with Crippen LogP contribution in [0, 0.1) is 6.92 Å². The second kappa shape index (κ2) is 10.3. The predicted molar refractivity (Wildman–Crippen MR) is 125 cm³/mol. The van der Waals surface area contributed by atoms with Gasteiger partial charge in [0.1, 0.15) is 11.9 Å². The lowest BCUT2D eigenvalue weighted by Crippen LogP contribution is -2.59. The van der Waals surface area contributed by atoms with Gasteiger partial charge in [0.25, 0.3) is 0 Å². The fourth-order valence-electron chi connectivity index (χ4n) is 4.11. The normalized spacial score (nSPS) is 16.6. The Labute approximate surface area is 206 Å². The number of aromatic nitrogens is 2. The SMILES string of the molecule is COC(=O)C[C@H](NC(=O)Nc1ccc(Cl)cc1)C(=O)N1CCN(N2Cc3cnc(C)n3C2=O)CC1. The largest absolute Gasteiger partial charge is 0.469 e. The number of carbonyl (C=O) groups excluding carboxylic acids is 4. The Morgan fingerprint density at radius 2 is 1.83 bits per heavy atom. The highest BCUT2D eigenvalue weighted by molar-refractivity contribution is 6.30. The van der Waals surface area contributed by atoms with Crippen molar-refractivity contribution in [3.05, 3.63) is 47.0 Å². The first-order chi connectivity index (χ1) is 16.8. The molecule has 186 valence electrons. The van der Waals surface area contributed by atoms with Crippen molar-refractivity contribution in [2.75, 3.05) is 38.6 Å². The molecular weight excluding hydrogens is 478 g/mol. The third kappa shape index (κ3) is 5.38. The quantitative estimate of drug-likeness (QED) is 0.570. The smallest absolute Gasteiger partial charge is 0.344 e. The molecule has 4 rings (SSSR count). The minimum Gasteiger partial charge on any atom is -0.469 e. The number of halogens is 1. The number of methoxy groups -OCH3 is 1. The van der Waals surface area contributed by atoms with Crippen LogP contribution in [0.15, 0.2) is 30.5 Å². The number of urea groups is 1. The number of anilines is 1. The summed E-state index contributed by atoms with van der Waals surface area (Å²) >= 11 is 5.86. The maximum atomic E-state index is 13.2. The molecule has 1 aromatic carbocycles. The number of fused-ring (bicyclic) bond motifs is 1. The Morgan fingerprint density at radius 3 is 2.46 bits per heavy atom. The van der Waals surface area contributed by atoms with Gasteiger partial charge < -0.3 is 20.3 Å². The molecule has 1 fully saturated rings. The van der Waals surface area contributed by atoms with Gasteiger partial charge in [-0.15, -0.1) is 0 Å². The van der Waals surface area contributed by atoms with E-state index < -0.39 is 23.9 Å². The van der Waals surface area contributed by atoms with Gasteiger partial charge in [-0.25, -0.2) is 24.1 Å². The summed E-state index contributed by atoms with van der Waals surface area (Å²) in [5.74, 6) is -0.391. The number of nitrogens with one attached hydrogen (secondary N) is 2. The van der Waals surface area contributed by atoms with Gasteiger partial charge in [0.2, 0.25) is 5.91 Å². The monoisotopic (exact) mass is 503 g/mol. The van der Waals surface area contributed by atoms with Gasteiger partial charge in [-0.1, -0.05) is 11.6 Å². The average Bonchev–Trinajstić information content (AvgIpc) is 3.39. The second-order valence-electron chi connectivity index (χ2n) is 8.19. The molecule has 2 aliphatic heterocycles. The van der Waals surface area contributed by atoms with Crippen molar-refractivity contribution >= 4 is 41.2 Å². The van der Waals surface area contributed by atoms with Gasteiger partial charge in [-0.05, 0) is 31.2 Å². The molecule has 1 atom stereocenters. The zero-order valence-electron chi connectivity index (χ0n) is 19.4. The number of ether oxygens (including phenoxy) is 1. The number of hydrazine groups is 1. The third-order valence-corrected chi connectivity index (χ3v) is 6.20. The standard InChI is InChI=1S/C22H26ClN7O5/c1-14-24-12-17-13-29(22(34)30(14)17)28-9-7-27(8-10-28)20(32)18(11-19(31)35-2)26-21(33)25-16-5-3-15(23)4-6-16/h3-6,12,18H,7-11,13H2,1-2H3,(H2,25,26,33)/t18-/m0/s1. The van der Waals surface area contributed by atoms with E-state index in [1.807, 2.05) is 5.01 Å². The molecular formula is C22H26ClN7O5. The van der Waals surface area contributed by atoms with E-state index in [9.17, 15) is 19.2 Å². The summed E-state index contributed by atoms with van der Waals surface area (Å²) in [6, 6.07) is 4.56. The molecule has 2 aliphatic rings. The summed E-state index contributed by atoms with van der Waals surface area (Å²) in [6.07, 6.45) is 1.38. The van der Waals surface area contributed by atoms with Gasteiger partial charge in [0, 0.05) is 36.9 Å². The number of hydrogen-bond donors (Lipinski definition) is 2. The summed E-state index contributed by atoms with van der Waals surface area (Å²) < 4.78 is 6.28. The molecule has 35 heavy (non-hydrogen) atoms. The first-order valence-electron chi connectivity index (χ1n) is 11.1. The van der Waals surface area contributed by atoms with Gasteiger partial charge in [0.15, 0.2) is 0 Å². The van der Waals surface area contributed by atoms with E-state index in [-0.39, 0.29) is 12.5 Å². The van der Waals surface area contributed by atoms with Crippen molar-refractivity contribution in [2.24, 2.45) is 0 Å². The topological polar surface area (TPSA) is 129 Å². The molecule has 2 aromatic rings. The Hall–Kier alpha value is -3.64. The fraction of sp³-hybridized carbons (Fsp3) is 0.409. The summed E-state index contributed by atoms with van der Waals surface area (Å²) in [7, 11) is 1.22.